The molecule has 0 aromatic carbocycles. The van der Waals surface area contributed by atoms with Gasteiger partial charge in [-0.1, -0.05) is 6.92 Å². The minimum atomic E-state index is 0.518. The lowest BCUT2D eigenvalue weighted by atomic mass is 9.98. The smallest absolute Gasteiger partial charge is 0.136 e. The molecule has 3 fully saturated rings. The maximum absolute atomic E-state index is 11.5. The molecule has 0 aromatic rings. The largest absolute Gasteiger partial charge is 0.300 e. The number of Topliss-reactive ketones (excluding diaryl/α,β-unsaturated/α-hetero) is 1. The van der Waals surface area contributed by atoms with Crippen molar-refractivity contribution in [2.24, 2.45) is 5.92 Å². The fourth-order valence-corrected chi connectivity index (χ4v) is 4.05. The molecule has 2 nitrogen and oxygen atoms in total. The number of hydrogen-bond donors (Lipinski definition) is 0. The molecule has 2 bridgehead atoms. The summed E-state index contributed by atoms with van der Waals surface area (Å²) in [4.78, 5) is 14.2. The highest BCUT2D eigenvalue weighted by Gasteiger charge is 2.44. The summed E-state index contributed by atoms with van der Waals surface area (Å²) in [5.74, 6) is 1.43. The molecule has 0 radical (unpaired) electrons. The van der Waals surface area contributed by atoms with Gasteiger partial charge in [-0.2, -0.15) is 0 Å². The van der Waals surface area contributed by atoms with Crippen LogP contribution in [0.3, 0.4) is 0 Å². The van der Waals surface area contributed by atoms with Gasteiger partial charge in [-0.05, 0) is 38.0 Å². The van der Waals surface area contributed by atoms with Crippen LogP contribution in [0.1, 0.15) is 51.9 Å². The monoisotopic (exact) mass is 207 g/mol. The first-order chi connectivity index (χ1) is 7.24. The predicted octanol–water partition coefficient (Wildman–Crippen LogP) is 2.37. The minimum Gasteiger partial charge on any atom is -0.300 e. The quantitative estimate of drug-likeness (QED) is 0.658. The van der Waals surface area contributed by atoms with Crippen LogP contribution in [0.25, 0.3) is 0 Å². The fraction of sp³-hybridized carbons (Fsp3) is 0.923. The Hall–Kier alpha value is -0.370. The van der Waals surface area contributed by atoms with E-state index in [-0.39, 0.29) is 0 Å². The average molecular weight is 207 g/mol. The molecule has 3 aliphatic rings. The van der Waals surface area contributed by atoms with Crippen LogP contribution >= 0.6 is 0 Å². The van der Waals surface area contributed by atoms with E-state index in [2.05, 4.69) is 11.8 Å². The summed E-state index contributed by atoms with van der Waals surface area (Å²) < 4.78 is 0. The van der Waals surface area contributed by atoms with Crippen LogP contribution in [0.15, 0.2) is 0 Å². The van der Waals surface area contributed by atoms with Gasteiger partial charge in [0, 0.05) is 31.0 Å². The topological polar surface area (TPSA) is 20.3 Å². The third-order valence-electron chi connectivity index (χ3n) is 4.69. The molecule has 1 aliphatic carbocycles. The van der Waals surface area contributed by atoms with Crippen molar-refractivity contribution >= 4 is 5.78 Å². The van der Waals surface area contributed by atoms with Crippen molar-refractivity contribution in [2.45, 2.75) is 70.0 Å². The van der Waals surface area contributed by atoms with E-state index in [1.165, 1.54) is 32.1 Å². The summed E-state index contributed by atoms with van der Waals surface area (Å²) in [5.41, 5.74) is 0. The van der Waals surface area contributed by atoms with Crippen molar-refractivity contribution in [3.8, 4) is 0 Å². The number of fused-ring (bicyclic) bond motifs is 2. The molecule has 0 amide bonds. The van der Waals surface area contributed by atoms with E-state index in [1.54, 1.807) is 0 Å². The third-order valence-corrected chi connectivity index (χ3v) is 4.69. The maximum Gasteiger partial charge on any atom is 0.136 e. The van der Waals surface area contributed by atoms with Crippen LogP contribution in [0.2, 0.25) is 0 Å². The number of rotatable bonds is 1. The highest BCUT2D eigenvalue weighted by Crippen LogP contribution is 2.40. The van der Waals surface area contributed by atoms with Crippen molar-refractivity contribution in [3.05, 3.63) is 0 Å². The molecule has 1 saturated carbocycles. The summed E-state index contributed by atoms with van der Waals surface area (Å²) in [6.07, 6.45) is 8.41. The molecule has 0 N–H and O–H groups in total. The second kappa shape index (κ2) is 3.58. The standard InChI is InChI=1S/C13H21NO/c1-9-2-3-10(6-9)14-11-4-5-12(14)8-13(15)7-11/h9-12H,2-8H2,1H3. The van der Waals surface area contributed by atoms with Gasteiger partial charge in [-0.3, -0.25) is 9.69 Å². The lowest BCUT2D eigenvalue weighted by molar-refractivity contribution is -0.124. The Morgan fingerprint density at radius 2 is 1.60 bits per heavy atom. The van der Waals surface area contributed by atoms with Gasteiger partial charge >= 0.3 is 0 Å². The Kier molecular flexibility index (Phi) is 2.35. The van der Waals surface area contributed by atoms with Crippen LogP contribution in [0, 0.1) is 5.92 Å². The van der Waals surface area contributed by atoms with Crippen LogP contribution in [-0.4, -0.2) is 28.8 Å². The highest BCUT2D eigenvalue weighted by molar-refractivity contribution is 5.81. The van der Waals surface area contributed by atoms with Gasteiger partial charge in [0.1, 0.15) is 5.78 Å². The molecule has 2 heterocycles. The number of nitrogens with zero attached hydrogens (tertiary/aromatic N) is 1. The van der Waals surface area contributed by atoms with Crippen molar-refractivity contribution in [1.82, 2.24) is 4.90 Å². The molecule has 0 spiro atoms. The lowest BCUT2D eigenvalue weighted by Gasteiger charge is -2.38. The molecule has 15 heavy (non-hydrogen) atoms. The molecular formula is C13H21NO. The normalized spacial score (nSPS) is 46.3. The Morgan fingerprint density at radius 3 is 2.13 bits per heavy atom. The molecule has 0 aromatic heterocycles. The van der Waals surface area contributed by atoms with Gasteiger partial charge in [-0.15, -0.1) is 0 Å². The van der Waals surface area contributed by atoms with E-state index in [4.69, 9.17) is 0 Å². The molecule has 2 aliphatic heterocycles. The van der Waals surface area contributed by atoms with Gasteiger partial charge in [0.15, 0.2) is 0 Å². The van der Waals surface area contributed by atoms with Gasteiger partial charge in [-0.25, -0.2) is 0 Å². The summed E-state index contributed by atoms with van der Waals surface area (Å²) in [6.45, 7) is 2.37. The zero-order valence-corrected chi connectivity index (χ0v) is 9.61. The van der Waals surface area contributed by atoms with Crippen molar-refractivity contribution in [2.75, 3.05) is 0 Å². The van der Waals surface area contributed by atoms with E-state index in [0.29, 0.717) is 17.9 Å². The van der Waals surface area contributed by atoms with Gasteiger partial charge in [0.2, 0.25) is 0 Å². The number of ketones is 1. The first kappa shape index (κ1) is 9.83. The Labute approximate surface area is 92.0 Å². The van der Waals surface area contributed by atoms with Crippen LogP contribution in [-0.2, 0) is 4.79 Å². The molecule has 3 rings (SSSR count). The van der Waals surface area contributed by atoms with Gasteiger partial charge in [0.05, 0.1) is 0 Å². The summed E-state index contributed by atoms with van der Waals surface area (Å²) >= 11 is 0. The molecule has 4 atom stereocenters. The first-order valence-corrected chi connectivity index (χ1v) is 6.53. The predicted molar refractivity (Wildman–Crippen MR) is 59.7 cm³/mol. The molecular weight excluding hydrogens is 186 g/mol. The van der Waals surface area contributed by atoms with Gasteiger partial charge < -0.3 is 0 Å². The van der Waals surface area contributed by atoms with E-state index < -0.39 is 0 Å². The molecule has 2 heteroatoms. The van der Waals surface area contributed by atoms with Crippen LogP contribution < -0.4 is 0 Å². The van der Waals surface area contributed by atoms with Gasteiger partial charge in [0.25, 0.3) is 0 Å². The Balaban J connectivity index is 1.74. The lowest BCUT2D eigenvalue weighted by Crippen LogP contribution is -2.48. The second-order valence-electron chi connectivity index (χ2n) is 5.85. The Bertz CT molecular complexity index is 260. The molecule has 4 unspecified atom stereocenters. The van der Waals surface area contributed by atoms with Crippen LogP contribution in [0.5, 0.6) is 0 Å². The Morgan fingerprint density at radius 1 is 1.00 bits per heavy atom. The minimum absolute atomic E-state index is 0.518. The molecule has 84 valence electrons. The third kappa shape index (κ3) is 1.63. The number of carbonyl (C=O) groups excluding carboxylic acids is 1. The van der Waals surface area contributed by atoms with E-state index >= 15 is 0 Å². The van der Waals surface area contributed by atoms with E-state index in [0.717, 1.165) is 24.8 Å². The first-order valence-electron chi connectivity index (χ1n) is 6.53. The van der Waals surface area contributed by atoms with Crippen LogP contribution in [0.4, 0.5) is 0 Å². The number of piperidine rings is 1. The summed E-state index contributed by atoms with van der Waals surface area (Å²) in [6, 6.07) is 2.05. The zero-order valence-electron chi connectivity index (χ0n) is 9.61. The fourth-order valence-electron chi connectivity index (χ4n) is 4.05. The van der Waals surface area contributed by atoms with E-state index in [9.17, 15) is 4.79 Å². The number of carbonyl (C=O) groups is 1. The molecule has 2 saturated heterocycles. The summed E-state index contributed by atoms with van der Waals surface area (Å²) in [5, 5.41) is 0. The van der Waals surface area contributed by atoms with Crippen molar-refractivity contribution in [3.63, 3.8) is 0 Å². The SMILES string of the molecule is CC1CCC(N2C3CCC2CC(=O)C3)C1. The number of hydrogen-bond acceptors (Lipinski definition) is 2. The van der Waals surface area contributed by atoms with Crippen molar-refractivity contribution < 1.29 is 4.79 Å². The summed E-state index contributed by atoms with van der Waals surface area (Å²) in [7, 11) is 0. The highest BCUT2D eigenvalue weighted by atomic mass is 16.1. The maximum atomic E-state index is 11.5. The average Bonchev–Trinajstić information content (AvgIpc) is 2.69. The second-order valence-corrected chi connectivity index (χ2v) is 5.85. The van der Waals surface area contributed by atoms with Crippen molar-refractivity contribution in [1.29, 1.82) is 0 Å². The van der Waals surface area contributed by atoms with E-state index in [1.807, 2.05) is 0 Å². The zero-order chi connectivity index (χ0) is 10.4.